The van der Waals surface area contributed by atoms with Gasteiger partial charge in [-0.25, -0.2) is 9.78 Å². The number of carboxylic acid groups (broad SMARTS) is 1. The van der Waals surface area contributed by atoms with Crippen LogP contribution in [0.4, 0.5) is 5.13 Å². The standard InChI is InChI=1S/C12H10N2O4S/c1-6(15)13-12-14-9(5-19-12)8-4-7(11(17)18)2-3-10(8)16/h2-5,16H,1H3,(H,17,18)(H,13,14,15). The van der Waals surface area contributed by atoms with Gasteiger partial charge in [-0.2, -0.15) is 0 Å². The van der Waals surface area contributed by atoms with Crippen LogP contribution in [0.15, 0.2) is 23.6 Å². The maximum Gasteiger partial charge on any atom is 0.335 e. The molecule has 0 unspecified atom stereocenters. The van der Waals surface area contributed by atoms with E-state index >= 15 is 0 Å². The second-order valence-corrected chi connectivity index (χ2v) is 4.61. The first-order chi connectivity index (χ1) is 8.97. The van der Waals surface area contributed by atoms with Crippen LogP contribution in [-0.4, -0.2) is 27.1 Å². The molecule has 3 N–H and O–H groups in total. The van der Waals surface area contributed by atoms with Crippen molar-refractivity contribution in [2.24, 2.45) is 0 Å². The number of hydrogen-bond acceptors (Lipinski definition) is 5. The number of carboxylic acids is 1. The molecular weight excluding hydrogens is 268 g/mol. The molecule has 2 rings (SSSR count). The number of anilines is 1. The van der Waals surface area contributed by atoms with E-state index in [1.807, 2.05) is 0 Å². The van der Waals surface area contributed by atoms with Gasteiger partial charge in [0, 0.05) is 17.9 Å². The molecule has 98 valence electrons. The number of nitrogens with one attached hydrogen (secondary N) is 1. The van der Waals surface area contributed by atoms with E-state index in [1.54, 1.807) is 5.38 Å². The number of amides is 1. The lowest BCUT2D eigenvalue weighted by Crippen LogP contribution is -2.05. The van der Waals surface area contributed by atoms with Crippen LogP contribution in [0.1, 0.15) is 17.3 Å². The minimum Gasteiger partial charge on any atom is -0.507 e. The molecule has 0 fully saturated rings. The van der Waals surface area contributed by atoms with Gasteiger partial charge < -0.3 is 15.5 Å². The normalized spacial score (nSPS) is 10.2. The predicted molar refractivity (Wildman–Crippen MR) is 70.5 cm³/mol. The average molecular weight is 278 g/mol. The third kappa shape index (κ3) is 2.89. The number of phenols is 1. The van der Waals surface area contributed by atoms with Gasteiger partial charge in [0.15, 0.2) is 5.13 Å². The van der Waals surface area contributed by atoms with E-state index < -0.39 is 5.97 Å². The molecular formula is C12H10N2O4S. The first-order valence-corrected chi connectivity index (χ1v) is 6.15. The number of carbonyl (C=O) groups excluding carboxylic acids is 1. The van der Waals surface area contributed by atoms with E-state index in [9.17, 15) is 14.7 Å². The molecule has 7 heteroatoms. The van der Waals surface area contributed by atoms with Crippen molar-refractivity contribution in [2.75, 3.05) is 5.32 Å². The maximum atomic E-state index is 10.9. The zero-order valence-electron chi connectivity index (χ0n) is 9.88. The van der Waals surface area contributed by atoms with Crippen molar-refractivity contribution in [1.82, 2.24) is 4.98 Å². The van der Waals surface area contributed by atoms with E-state index in [0.29, 0.717) is 16.4 Å². The fourth-order valence-electron chi connectivity index (χ4n) is 1.48. The third-order valence-corrected chi connectivity index (χ3v) is 3.06. The number of thiazole rings is 1. The molecule has 1 amide bonds. The highest BCUT2D eigenvalue weighted by atomic mass is 32.1. The predicted octanol–water partition coefficient (Wildman–Crippen LogP) is 2.17. The van der Waals surface area contributed by atoms with Gasteiger partial charge in [-0.15, -0.1) is 11.3 Å². The van der Waals surface area contributed by atoms with Gasteiger partial charge in [0.25, 0.3) is 0 Å². The molecule has 19 heavy (non-hydrogen) atoms. The highest BCUT2D eigenvalue weighted by Crippen LogP contribution is 2.32. The molecule has 0 aliphatic heterocycles. The Bertz CT molecular complexity index is 651. The number of carbonyl (C=O) groups is 2. The largest absolute Gasteiger partial charge is 0.507 e. The number of aromatic carboxylic acids is 1. The molecule has 0 aliphatic rings. The summed E-state index contributed by atoms with van der Waals surface area (Å²) in [6, 6.07) is 3.95. The van der Waals surface area contributed by atoms with E-state index in [1.165, 1.54) is 36.5 Å². The molecule has 0 bridgehead atoms. The van der Waals surface area contributed by atoms with Gasteiger partial charge >= 0.3 is 5.97 Å². The molecule has 1 aromatic heterocycles. The maximum absolute atomic E-state index is 10.9. The molecule has 0 saturated heterocycles. The van der Waals surface area contributed by atoms with Crippen molar-refractivity contribution in [3.05, 3.63) is 29.1 Å². The van der Waals surface area contributed by atoms with Gasteiger partial charge in [-0.3, -0.25) is 4.79 Å². The fraction of sp³-hybridized carbons (Fsp3) is 0.0833. The fourth-order valence-corrected chi connectivity index (χ4v) is 2.24. The summed E-state index contributed by atoms with van der Waals surface area (Å²) in [5.41, 5.74) is 0.781. The Kier molecular flexibility index (Phi) is 3.48. The number of nitrogens with zero attached hydrogens (tertiary/aromatic N) is 1. The molecule has 0 aliphatic carbocycles. The Hall–Kier alpha value is -2.41. The molecule has 6 nitrogen and oxygen atoms in total. The Morgan fingerprint density at radius 2 is 2.11 bits per heavy atom. The number of aromatic nitrogens is 1. The summed E-state index contributed by atoms with van der Waals surface area (Å²) >= 11 is 1.19. The van der Waals surface area contributed by atoms with Crippen LogP contribution in [-0.2, 0) is 4.79 Å². The number of hydrogen-bond donors (Lipinski definition) is 3. The minimum absolute atomic E-state index is 0.0573. The van der Waals surface area contributed by atoms with Crippen LogP contribution in [0.5, 0.6) is 5.75 Å². The minimum atomic E-state index is -1.08. The highest BCUT2D eigenvalue weighted by Gasteiger charge is 2.13. The summed E-state index contributed by atoms with van der Waals surface area (Å²) in [5, 5.41) is 23.2. The van der Waals surface area contributed by atoms with Crippen LogP contribution < -0.4 is 5.32 Å². The average Bonchev–Trinajstić information content (AvgIpc) is 2.76. The van der Waals surface area contributed by atoms with E-state index in [0.717, 1.165) is 0 Å². The zero-order chi connectivity index (χ0) is 14.0. The van der Waals surface area contributed by atoms with Gasteiger partial charge in [0.1, 0.15) is 5.75 Å². The Morgan fingerprint density at radius 3 is 2.74 bits per heavy atom. The number of rotatable bonds is 3. The van der Waals surface area contributed by atoms with Gasteiger partial charge in [-0.05, 0) is 18.2 Å². The lowest BCUT2D eigenvalue weighted by molar-refractivity contribution is -0.114. The van der Waals surface area contributed by atoms with Gasteiger partial charge in [0.2, 0.25) is 5.91 Å². The van der Waals surface area contributed by atoms with E-state index in [2.05, 4.69) is 10.3 Å². The van der Waals surface area contributed by atoms with Crippen molar-refractivity contribution >= 4 is 28.3 Å². The quantitative estimate of drug-likeness (QED) is 0.799. The highest BCUT2D eigenvalue weighted by molar-refractivity contribution is 7.14. The van der Waals surface area contributed by atoms with E-state index in [4.69, 9.17) is 5.11 Å². The van der Waals surface area contributed by atoms with E-state index in [-0.39, 0.29) is 17.2 Å². The van der Waals surface area contributed by atoms with Gasteiger partial charge in [-0.1, -0.05) is 0 Å². The van der Waals surface area contributed by atoms with Crippen molar-refractivity contribution in [2.45, 2.75) is 6.92 Å². The summed E-state index contributed by atoms with van der Waals surface area (Å²) in [6.07, 6.45) is 0. The first-order valence-electron chi connectivity index (χ1n) is 5.27. The van der Waals surface area contributed by atoms with Crippen LogP contribution in [0.25, 0.3) is 11.3 Å². The Labute approximate surface area is 112 Å². The molecule has 0 radical (unpaired) electrons. The van der Waals surface area contributed by atoms with Crippen LogP contribution in [0, 0.1) is 0 Å². The first kappa shape index (κ1) is 13.0. The Morgan fingerprint density at radius 1 is 1.37 bits per heavy atom. The smallest absolute Gasteiger partial charge is 0.335 e. The summed E-state index contributed by atoms with van der Waals surface area (Å²) in [6.45, 7) is 1.36. The third-order valence-electron chi connectivity index (χ3n) is 2.31. The molecule has 2 aromatic rings. The lowest BCUT2D eigenvalue weighted by Gasteiger charge is -2.02. The van der Waals surface area contributed by atoms with Crippen molar-refractivity contribution in [1.29, 1.82) is 0 Å². The molecule has 0 spiro atoms. The summed E-state index contributed by atoms with van der Waals surface area (Å²) < 4.78 is 0. The Balaban J connectivity index is 2.40. The molecule has 0 atom stereocenters. The van der Waals surface area contributed by atoms with Crippen LogP contribution in [0.2, 0.25) is 0 Å². The molecule has 1 aromatic carbocycles. The van der Waals surface area contributed by atoms with Crippen molar-refractivity contribution in [3.8, 4) is 17.0 Å². The topological polar surface area (TPSA) is 99.5 Å². The second-order valence-electron chi connectivity index (χ2n) is 3.76. The van der Waals surface area contributed by atoms with Crippen molar-refractivity contribution < 1.29 is 19.8 Å². The van der Waals surface area contributed by atoms with Crippen LogP contribution >= 0.6 is 11.3 Å². The van der Waals surface area contributed by atoms with Crippen molar-refractivity contribution in [3.63, 3.8) is 0 Å². The summed E-state index contributed by atoms with van der Waals surface area (Å²) in [7, 11) is 0. The lowest BCUT2D eigenvalue weighted by atomic mass is 10.1. The molecule has 0 saturated carbocycles. The monoisotopic (exact) mass is 278 g/mol. The van der Waals surface area contributed by atoms with Gasteiger partial charge in [0.05, 0.1) is 11.3 Å². The summed E-state index contributed by atoms with van der Waals surface area (Å²) in [5.74, 6) is -1.40. The van der Waals surface area contributed by atoms with Crippen LogP contribution in [0.3, 0.4) is 0 Å². The number of aromatic hydroxyl groups is 1. The molecule has 1 heterocycles. The summed E-state index contributed by atoms with van der Waals surface area (Å²) in [4.78, 5) is 25.9. The number of benzene rings is 1. The zero-order valence-corrected chi connectivity index (χ0v) is 10.7. The number of phenolic OH excluding ortho intramolecular Hbond substituents is 1. The SMILES string of the molecule is CC(=O)Nc1nc(-c2cc(C(=O)O)ccc2O)cs1. The second kappa shape index (κ2) is 5.07.